The Kier molecular flexibility index (Phi) is 3.76. The lowest BCUT2D eigenvalue weighted by molar-refractivity contribution is 0.103. The van der Waals surface area contributed by atoms with E-state index in [-0.39, 0.29) is 16.7 Å². The van der Waals surface area contributed by atoms with Crippen molar-refractivity contribution in [1.29, 1.82) is 5.26 Å². The second kappa shape index (κ2) is 5.49. The number of carbonyl (C=O) groups excluding carboxylic acids is 1. The smallest absolute Gasteiger partial charge is 0.207 e. The van der Waals surface area contributed by atoms with Crippen LogP contribution in [0.25, 0.3) is 6.08 Å². The van der Waals surface area contributed by atoms with Crippen molar-refractivity contribution in [3.8, 4) is 6.07 Å². The minimum Gasteiger partial charge on any atom is -0.469 e. The molecule has 1 aromatic carbocycles. The van der Waals surface area contributed by atoms with Gasteiger partial charge in [0.25, 0.3) is 0 Å². The SMILES string of the molecule is Cc1occc1C(=O)/C(C#N)=C/c1ccc(F)c(F)c1. The predicted molar refractivity (Wildman–Crippen MR) is 67.7 cm³/mol. The highest BCUT2D eigenvalue weighted by atomic mass is 19.2. The quantitative estimate of drug-likeness (QED) is 0.487. The Morgan fingerprint density at radius 1 is 1.30 bits per heavy atom. The first-order valence-corrected chi connectivity index (χ1v) is 5.68. The summed E-state index contributed by atoms with van der Waals surface area (Å²) in [5.74, 6) is -2.16. The van der Waals surface area contributed by atoms with Gasteiger partial charge in [0.05, 0.1) is 11.8 Å². The number of aryl methyl sites for hydroxylation is 1. The monoisotopic (exact) mass is 273 g/mol. The van der Waals surface area contributed by atoms with E-state index in [0.717, 1.165) is 12.1 Å². The van der Waals surface area contributed by atoms with E-state index in [1.165, 1.54) is 24.5 Å². The van der Waals surface area contributed by atoms with Crippen molar-refractivity contribution in [2.75, 3.05) is 0 Å². The number of ketones is 1. The fourth-order valence-electron chi connectivity index (χ4n) is 1.68. The van der Waals surface area contributed by atoms with Gasteiger partial charge in [0.1, 0.15) is 17.4 Å². The van der Waals surface area contributed by atoms with Gasteiger partial charge in [0.2, 0.25) is 5.78 Å². The van der Waals surface area contributed by atoms with Crippen LogP contribution in [0.4, 0.5) is 8.78 Å². The second-order valence-corrected chi connectivity index (χ2v) is 4.06. The van der Waals surface area contributed by atoms with Crippen molar-refractivity contribution >= 4 is 11.9 Å². The zero-order valence-electron chi connectivity index (χ0n) is 10.5. The number of furan rings is 1. The normalized spacial score (nSPS) is 11.2. The Morgan fingerprint density at radius 2 is 2.05 bits per heavy atom. The maximum atomic E-state index is 13.1. The summed E-state index contributed by atoms with van der Waals surface area (Å²) in [6, 6.07) is 6.34. The Balaban J connectivity index is 2.40. The van der Waals surface area contributed by atoms with Crippen LogP contribution in [0.5, 0.6) is 0 Å². The van der Waals surface area contributed by atoms with Crippen molar-refractivity contribution in [3.05, 3.63) is 64.6 Å². The summed E-state index contributed by atoms with van der Waals surface area (Å²) in [6.07, 6.45) is 2.55. The molecule has 0 bridgehead atoms. The van der Waals surface area contributed by atoms with E-state index >= 15 is 0 Å². The molecule has 0 spiro atoms. The lowest BCUT2D eigenvalue weighted by Crippen LogP contribution is -2.02. The largest absolute Gasteiger partial charge is 0.469 e. The minimum absolute atomic E-state index is 0.180. The number of nitrogens with zero attached hydrogens (tertiary/aromatic N) is 1. The van der Waals surface area contributed by atoms with Crippen molar-refractivity contribution in [2.24, 2.45) is 0 Å². The van der Waals surface area contributed by atoms with Gasteiger partial charge in [-0.2, -0.15) is 5.26 Å². The van der Waals surface area contributed by atoms with Crippen molar-refractivity contribution < 1.29 is 18.0 Å². The number of allylic oxidation sites excluding steroid dienone is 1. The second-order valence-electron chi connectivity index (χ2n) is 4.06. The highest BCUT2D eigenvalue weighted by Gasteiger charge is 2.16. The summed E-state index contributed by atoms with van der Waals surface area (Å²) < 4.78 is 30.9. The minimum atomic E-state index is -1.04. The third-order valence-corrected chi connectivity index (χ3v) is 2.72. The molecule has 2 aromatic rings. The fraction of sp³-hybridized carbons (Fsp3) is 0.0667. The van der Waals surface area contributed by atoms with Crippen LogP contribution in [0.3, 0.4) is 0 Å². The molecule has 0 N–H and O–H groups in total. The Labute approximate surface area is 113 Å². The van der Waals surface area contributed by atoms with E-state index in [1.54, 1.807) is 13.0 Å². The van der Waals surface area contributed by atoms with Crippen LogP contribution in [-0.4, -0.2) is 5.78 Å². The van der Waals surface area contributed by atoms with E-state index in [4.69, 9.17) is 9.68 Å². The molecule has 3 nitrogen and oxygen atoms in total. The van der Waals surface area contributed by atoms with Gasteiger partial charge in [-0.25, -0.2) is 8.78 Å². The molecule has 2 rings (SSSR count). The first kappa shape index (κ1) is 13.7. The van der Waals surface area contributed by atoms with E-state index in [0.29, 0.717) is 5.76 Å². The van der Waals surface area contributed by atoms with Gasteiger partial charge in [0.15, 0.2) is 11.6 Å². The molecule has 1 heterocycles. The number of halogens is 2. The fourth-order valence-corrected chi connectivity index (χ4v) is 1.68. The predicted octanol–water partition coefficient (Wildman–Crippen LogP) is 3.66. The molecule has 0 aliphatic carbocycles. The molecule has 0 atom stereocenters. The first-order valence-electron chi connectivity index (χ1n) is 5.68. The van der Waals surface area contributed by atoms with Crippen LogP contribution < -0.4 is 0 Å². The third kappa shape index (κ3) is 2.64. The van der Waals surface area contributed by atoms with Crippen LogP contribution in [0, 0.1) is 29.9 Å². The van der Waals surface area contributed by atoms with Crippen LogP contribution in [0.2, 0.25) is 0 Å². The summed E-state index contributed by atoms with van der Waals surface area (Å²) in [5.41, 5.74) is 0.316. The maximum Gasteiger partial charge on any atom is 0.207 e. The average molecular weight is 273 g/mol. The molecule has 20 heavy (non-hydrogen) atoms. The Hall–Kier alpha value is -2.74. The lowest BCUT2D eigenvalue weighted by Gasteiger charge is -1.99. The maximum absolute atomic E-state index is 13.1. The van der Waals surface area contributed by atoms with Gasteiger partial charge in [-0.1, -0.05) is 6.07 Å². The van der Waals surface area contributed by atoms with Crippen LogP contribution >= 0.6 is 0 Å². The molecular weight excluding hydrogens is 264 g/mol. The first-order chi connectivity index (χ1) is 9.52. The molecule has 0 fully saturated rings. The van der Waals surface area contributed by atoms with Gasteiger partial charge in [-0.05, 0) is 36.8 Å². The number of carbonyl (C=O) groups is 1. The molecule has 0 aliphatic rings. The third-order valence-electron chi connectivity index (χ3n) is 2.72. The van der Waals surface area contributed by atoms with Gasteiger partial charge in [0, 0.05) is 0 Å². The summed E-state index contributed by atoms with van der Waals surface area (Å²) >= 11 is 0. The summed E-state index contributed by atoms with van der Waals surface area (Å²) in [7, 11) is 0. The van der Waals surface area contributed by atoms with E-state index in [1.807, 2.05) is 0 Å². The Bertz CT molecular complexity index is 739. The van der Waals surface area contributed by atoms with Gasteiger partial charge in [-0.3, -0.25) is 4.79 Å². The van der Waals surface area contributed by atoms with Crippen molar-refractivity contribution in [2.45, 2.75) is 6.92 Å². The van der Waals surface area contributed by atoms with Crippen LogP contribution in [-0.2, 0) is 0 Å². The van der Waals surface area contributed by atoms with Crippen molar-refractivity contribution in [3.63, 3.8) is 0 Å². The Morgan fingerprint density at radius 3 is 2.60 bits per heavy atom. The molecule has 0 saturated heterocycles. The zero-order chi connectivity index (χ0) is 14.7. The number of benzene rings is 1. The van der Waals surface area contributed by atoms with E-state index in [9.17, 15) is 13.6 Å². The highest BCUT2D eigenvalue weighted by Crippen LogP contribution is 2.17. The molecular formula is C15H9F2NO2. The van der Waals surface area contributed by atoms with E-state index in [2.05, 4.69) is 0 Å². The van der Waals surface area contributed by atoms with Crippen LogP contribution in [0.15, 0.2) is 40.5 Å². The molecule has 5 heteroatoms. The molecule has 0 radical (unpaired) electrons. The molecule has 100 valence electrons. The average Bonchev–Trinajstić information content (AvgIpc) is 2.85. The summed E-state index contributed by atoms with van der Waals surface area (Å²) in [4.78, 5) is 12.1. The van der Waals surface area contributed by atoms with Crippen LogP contribution in [0.1, 0.15) is 21.7 Å². The molecule has 0 amide bonds. The summed E-state index contributed by atoms with van der Waals surface area (Å²) in [6.45, 7) is 1.60. The molecule has 0 saturated carbocycles. The lowest BCUT2D eigenvalue weighted by atomic mass is 10.0. The summed E-state index contributed by atoms with van der Waals surface area (Å²) in [5, 5.41) is 9.03. The zero-order valence-corrected chi connectivity index (χ0v) is 10.5. The van der Waals surface area contributed by atoms with Gasteiger partial charge in [-0.15, -0.1) is 0 Å². The highest BCUT2D eigenvalue weighted by molar-refractivity contribution is 6.14. The number of rotatable bonds is 3. The number of nitriles is 1. The standard InChI is InChI=1S/C15H9F2NO2/c1-9-12(4-5-20-9)15(19)11(8-18)6-10-2-3-13(16)14(17)7-10/h2-7H,1H3/b11-6+. The molecule has 1 aromatic heterocycles. The number of Topliss-reactive ketones (excluding diaryl/α,β-unsaturated/α-hetero) is 1. The van der Waals surface area contributed by atoms with Gasteiger partial charge < -0.3 is 4.42 Å². The van der Waals surface area contributed by atoms with Crippen molar-refractivity contribution in [1.82, 2.24) is 0 Å². The van der Waals surface area contributed by atoms with E-state index < -0.39 is 17.4 Å². The molecule has 0 unspecified atom stereocenters. The van der Waals surface area contributed by atoms with Gasteiger partial charge >= 0.3 is 0 Å². The number of hydrogen-bond acceptors (Lipinski definition) is 3. The molecule has 0 aliphatic heterocycles. The number of hydrogen-bond donors (Lipinski definition) is 0. The topological polar surface area (TPSA) is 54.0 Å².